The molecule has 0 fully saturated rings. The number of para-hydroxylation sites is 1. The summed E-state index contributed by atoms with van der Waals surface area (Å²) in [6, 6.07) is 7.90. The van der Waals surface area contributed by atoms with Crippen LogP contribution in [0.15, 0.2) is 30.3 Å². The fourth-order valence-electron chi connectivity index (χ4n) is 0.682. The predicted octanol–water partition coefficient (Wildman–Crippen LogP) is 2.01. The van der Waals surface area contributed by atoms with Crippen molar-refractivity contribution in [1.82, 2.24) is 0 Å². The highest BCUT2D eigenvalue weighted by atomic mass is 19.4. The van der Waals surface area contributed by atoms with Gasteiger partial charge >= 0.3 is 6.18 Å². The fraction of sp³-hybridized carbons (Fsp3) is 0.300. The molecule has 0 aromatic heterocycles. The van der Waals surface area contributed by atoms with Crippen LogP contribution in [0.2, 0.25) is 0 Å². The van der Waals surface area contributed by atoms with Crippen LogP contribution in [0, 0.1) is 0 Å². The Hall–Kier alpha value is -1.56. The Kier molecular flexibility index (Phi) is 9.19. The summed E-state index contributed by atoms with van der Waals surface area (Å²) in [5.41, 5.74) is 0. The highest BCUT2D eigenvalue weighted by molar-refractivity contribution is 5.44. The van der Waals surface area contributed by atoms with E-state index in [1.807, 2.05) is 0 Å². The van der Waals surface area contributed by atoms with Crippen molar-refractivity contribution in [2.24, 2.45) is 0 Å². The smallest absolute Gasteiger partial charge is 0.422 e. The maximum atomic E-state index is 11.6. The normalized spacial score (nSPS) is 9.25. The predicted molar refractivity (Wildman–Crippen MR) is 53.3 cm³/mol. The Labute approximate surface area is 91.1 Å². The van der Waals surface area contributed by atoms with Gasteiger partial charge in [-0.25, -0.2) is 0 Å². The number of halogens is 3. The molecule has 0 aliphatic heterocycles. The maximum Gasteiger partial charge on any atom is 0.422 e. The molecule has 0 amide bonds. The van der Waals surface area contributed by atoms with E-state index in [9.17, 15) is 13.2 Å². The van der Waals surface area contributed by atoms with Crippen molar-refractivity contribution in [2.75, 3.05) is 6.61 Å². The van der Waals surface area contributed by atoms with Crippen LogP contribution < -0.4 is 4.74 Å². The molecule has 1 aromatic rings. The zero-order chi connectivity index (χ0) is 11.7. The van der Waals surface area contributed by atoms with E-state index in [2.05, 4.69) is 4.74 Å². The summed E-state index contributed by atoms with van der Waals surface area (Å²) in [6.07, 6.45) is -3.52. The number of carbonyl (C=O) groups is 1. The minimum absolute atomic E-state index is 0. The Morgan fingerprint density at radius 3 is 2.06 bits per heavy atom. The van der Waals surface area contributed by atoms with E-state index in [4.69, 9.17) is 4.79 Å². The molecule has 0 heterocycles. The van der Waals surface area contributed by atoms with Gasteiger partial charge in [-0.2, -0.15) is 13.2 Å². The number of rotatable bonds is 2. The molecule has 6 heteroatoms. The Bertz CT molecular complexity index is 272. The summed E-state index contributed by atoms with van der Waals surface area (Å²) in [5.74, 6) is 0.231. The summed E-state index contributed by atoms with van der Waals surface area (Å²) in [5, 5.41) is 0. The Balaban J connectivity index is 0. The molecule has 92 valence electrons. The third kappa shape index (κ3) is 10.5. The zero-order valence-electron chi connectivity index (χ0n) is 8.62. The van der Waals surface area contributed by atoms with Gasteiger partial charge in [0.2, 0.25) is 0 Å². The number of hydrogen-bond acceptors (Lipinski definition) is 2. The van der Waals surface area contributed by atoms with Gasteiger partial charge in [-0.15, -0.1) is 0 Å². The molecule has 0 atom stereocenters. The van der Waals surface area contributed by atoms with Crippen LogP contribution >= 0.6 is 0 Å². The van der Waals surface area contributed by atoms with E-state index < -0.39 is 12.8 Å². The lowest BCUT2D eigenvalue weighted by molar-refractivity contribution is -0.153. The first-order chi connectivity index (χ1) is 6.99. The lowest BCUT2D eigenvalue weighted by Gasteiger charge is -2.07. The SMILES string of the molecule is CC=O.FC(F)(F)COc1ccccc1.O. The maximum absolute atomic E-state index is 11.6. The van der Waals surface area contributed by atoms with Gasteiger partial charge in [0, 0.05) is 0 Å². The monoisotopic (exact) mass is 238 g/mol. The van der Waals surface area contributed by atoms with Crippen LogP contribution in [0.3, 0.4) is 0 Å². The largest absolute Gasteiger partial charge is 0.484 e. The van der Waals surface area contributed by atoms with Gasteiger partial charge in [0.05, 0.1) is 0 Å². The fourth-order valence-corrected chi connectivity index (χ4v) is 0.682. The minimum Gasteiger partial charge on any atom is -0.484 e. The number of hydrogen-bond donors (Lipinski definition) is 0. The molecule has 0 aliphatic carbocycles. The van der Waals surface area contributed by atoms with Crippen LogP contribution in [0.4, 0.5) is 13.2 Å². The molecule has 0 saturated heterocycles. The molecule has 0 radical (unpaired) electrons. The highest BCUT2D eigenvalue weighted by Crippen LogP contribution is 2.17. The van der Waals surface area contributed by atoms with Gasteiger partial charge in [0.1, 0.15) is 12.0 Å². The molecule has 0 aliphatic rings. The quantitative estimate of drug-likeness (QED) is 0.740. The molecule has 0 unspecified atom stereocenters. The first-order valence-electron chi connectivity index (χ1n) is 4.14. The standard InChI is InChI=1S/C8H7F3O.C2H4O.H2O/c9-8(10,11)6-12-7-4-2-1-3-5-7;1-2-3;/h1-5H,6H2;2H,1H3;1H2. The van der Waals surface area contributed by atoms with Crippen molar-refractivity contribution in [3.05, 3.63) is 30.3 Å². The summed E-state index contributed by atoms with van der Waals surface area (Å²) < 4.78 is 39.3. The van der Waals surface area contributed by atoms with Crippen molar-refractivity contribution in [1.29, 1.82) is 0 Å². The molecule has 2 N–H and O–H groups in total. The lowest BCUT2D eigenvalue weighted by Crippen LogP contribution is -2.19. The molecule has 0 spiro atoms. The first kappa shape index (κ1) is 16.9. The average Bonchev–Trinajstić information content (AvgIpc) is 2.17. The van der Waals surface area contributed by atoms with E-state index >= 15 is 0 Å². The van der Waals surface area contributed by atoms with Crippen molar-refractivity contribution in [3.63, 3.8) is 0 Å². The van der Waals surface area contributed by atoms with E-state index in [0.29, 0.717) is 0 Å². The molecular weight excluding hydrogens is 225 g/mol. The van der Waals surface area contributed by atoms with Gasteiger partial charge in [-0.05, 0) is 19.1 Å². The second kappa shape index (κ2) is 8.72. The summed E-state index contributed by atoms with van der Waals surface area (Å²) in [7, 11) is 0. The Morgan fingerprint density at radius 1 is 1.25 bits per heavy atom. The number of benzene rings is 1. The molecule has 1 rings (SSSR count). The molecule has 0 saturated carbocycles. The van der Waals surface area contributed by atoms with Crippen molar-refractivity contribution >= 4 is 6.29 Å². The topological polar surface area (TPSA) is 57.8 Å². The summed E-state index contributed by atoms with van der Waals surface area (Å²) in [6.45, 7) is 0.205. The zero-order valence-corrected chi connectivity index (χ0v) is 8.62. The van der Waals surface area contributed by atoms with Crippen LogP contribution in [0.25, 0.3) is 0 Å². The first-order valence-corrected chi connectivity index (χ1v) is 4.14. The Morgan fingerprint density at radius 2 is 1.69 bits per heavy atom. The van der Waals surface area contributed by atoms with Crippen molar-refractivity contribution in [3.8, 4) is 5.75 Å². The highest BCUT2D eigenvalue weighted by Gasteiger charge is 2.28. The van der Waals surface area contributed by atoms with Crippen LogP contribution in [-0.4, -0.2) is 24.5 Å². The van der Waals surface area contributed by atoms with Gasteiger partial charge in [0.15, 0.2) is 6.61 Å². The molecule has 1 aromatic carbocycles. The van der Waals surface area contributed by atoms with Crippen LogP contribution in [-0.2, 0) is 4.79 Å². The molecular formula is C10H13F3O3. The van der Waals surface area contributed by atoms with Crippen molar-refractivity contribution in [2.45, 2.75) is 13.1 Å². The average molecular weight is 238 g/mol. The molecule has 3 nitrogen and oxygen atoms in total. The minimum atomic E-state index is -4.27. The van der Waals surface area contributed by atoms with Gasteiger partial charge in [-0.3, -0.25) is 0 Å². The summed E-state index contributed by atoms with van der Waals surface area (Å²) >= 11 is 0. The van der Waals surface area contributed by atoms with Gasteiger partial charge < -0.3 is 15.0 Å². The molecule has 16 heavy (non-hydrogen) atoms. The second-order valence-corrected chi connectivity index (χ2v) is 2.45. The third-order valence-electron chi connectivity index (χ3n) is 1.15. The van der Waals surface area contributed by atoms with E-state index in [1.165, 1.54) is 19.1 Å². The number of ether oxygens (including phenoxy) is 1. The van der Waals surface area contributed by atoms with Crippen molar-refractivity contribution < 1.29 is 28.2 Å². The molecule has 0 bridgehead atoms. The van der Waals surface area contributed by atoms with Gasteiger partial charge in [0.25, 0.3) is 0 Å². The van der Waals surface area contributed by atoms with Gasteiger partial charge in [-0.1, -0.05) is 18.2 Å². The number of carbonyl (C=O) groups excluding carboxylic acids is 1. The number of alkyl halides is 3. The van der Waals surface area contributed by atoms with E-state index in [1.54, 1.807) is 18.2 Å². The van der Waals surface area contributed by atoms with Crippen LogP contribution in [0.1, 0.15) is 6.92 Å². The second-order valence-electron chi connectivity index (χ2n) is 2.45. The number of aldehydes is 1. The lowest BCUT2D eigenvalue weighted by atomic mass is 10.3. The van der Waals surface area contributed by atoms with E-state index in [0.717, 1.165) is 6.29 Å². The van der Waals surface area contributed by atoms with E-state index in [-0.39, 0.29) is 11.2 Å². The van der Waals surface area contributed by atoms with Crippen LogP contribution in [0.5, 0.6) is 5.75 Å². The third-order valence-corrected chi connectivity index (χ3v) is 1.15. The summed E-state index contributed by atoms with van der Waals surface area (Å²) in [4.78, 5) is 8.81.